The monoisotopic (exact) mass is 438 g/mol. The van der Waals surface area contributed by atoms with Gasteiger partial charge in [0.05, 0.1) is 25.6 Å². The maximum absolute atomic E-state index is 11.7. The van der Waals surface area contributed by atoms with Crippen molar-refractivity contribution in [2.45, 2.75) is 51.3 Å². The van der Waals surface area contributed by atoms with Crippen molar-refractivity contribution in [3.8, 4) is 11.5 Å². The number of nitrogens with zero attached hydrogens (tertiary/aromatic N) is 2. The number of carbonyl (C=O) groups is 1. The second-order valence-corrected chi connectivity index (χ2v) is 8.82. The molecular formula is C24H30N4O4. The first kappa shape index (κ1) is 20.7. The maximum Gasteiger partial charge on any atom is 0.220 e. The van der Waals surface area contributed by atoms with Gasteiger partial charge in [-0.1, -0.05) is 6.07 Å². The highest BCUT2D eigenvalue weighted by Crippen LogP contribution is 2.35. The van der Waals surface area contributed by atoms with E-state index in [1.54, 1.807) is 14.2 Å². The molecule has 1 saturated heterocycles. The van der Waals surface area contributed by atoms with Crippen molar-refractivity contribution in [1.29, 1.82) is 0 Å². The maximum atomic E-state index is 11.7. The van der Waals surface area contributed by atoms with Crippen LogP contribution >= 0.6 is 0 Å². The van der Waals surface area contributed by atoms with E-state index in [4.69, 9.17) is 19.2 Å². The molecule has 2 fully saturated rings. The predicted molar refractivity (Wildman–Crippen MR) is 119 cm³/mol. The fourth-order valence-corrected chi connectivity index (χ4v) is 4.65. The van der Waals surface area contributed by atoms with Crippen molar-refractivity contribution < 1.29 is 19.0 Å². The Morgan fingerprint density at radius 2 is 1.97 bits per heavy atom. The second kappa shape index (κ2) is 8.07. The first-order valence-electron chi connectivity index (χ1n) is 11.2. The van der Waals surface area contributed by atoms with Crippen LogP contribution in [0.4, 0.5) is 0 Å². The summed E-state index contributed by atoms with van der Waals surface area (Å²) in [4.78, 5) is 16.6. The van der Waals surface area contributed by atoms with E-state index in [-0.39, 0.29) is 24.0 Å². The van der Waals surface area contributed by atoms with E-state index in [0.29, 0.717) is 30.5 Å². The van der Waals surface area contributed by atoms with Gasteiger partial charge in [0.15, 0.2) is 11.5 Å². The lowest BCUT2D eigenvalue weighted by atomic mass is 10.0. The zero-order valence-electron chi connectivity index (χ0n) is 19.0. The Balaban J connectivity index is 1.55. The third-order valence-electron chi connectivity index (χ3n) is 6.60. The molecule has 2 aromatic rings. The lowest BCUT2D eigenvalue weighted by Crippen LogP contribution is -2.44. The van der Waals surface area contributed by atoms with E-state index in [1.807, 2.05) is 25.1 Å². The Morgan fingerprint density at radius 1 is 1.19 bits per heavy atom. The van der Waals surface area contributed by atoms with Crippen molar-refractivity contribution in [2.75, 3.05) is 20.8 Å². The van der Waals surface area contributed by atoms with E-state index in [1.165, 1.54) is 0 Å². The van der Waals surface area contributed by atoms with Gasteiger partial charge in [-0.15, -0.1) is 0 Å². The van der Waals surface area contributed by atoms with Crippen LogP contribution in [-0.4, -0.2) is 42.3 Å². The smallest absolute Gasteiger partial charge is 0.220 e. The Bertz CT molecular complexity index is 1170. The number of hydrogen-bond acceptors (Lipinski definition) is 6. The highest BCUT2D eigenvalue weighted by Gasteiger charge is 2.32. The zero-order valence-corrected chi connectivity index (χ0v) is 19.0. The molecule has 32 heavy (non-hydrogen) atoms. The SMILES string of the molecule is COc1ccc(C2C=c3nc(C)n(C4CC4)c3=C(O[C@H](C)[C@H]3CNC(=O)C3)N2)cc1OC. The molecule has 170 valence electrons. The van der Waals surface area contributed by atoms with E-state index in [0.717, 1.165) is 40.8 Å². The van der Waals surface area contributed by atoms with Crippen LogP contribution in [0.5, 0.6) is 11.5 Å². The lowest BCUT2D eigenvalue weighted by molar-refractivity contribution is -0.119. The molecule has 1 amide bonds. The number of benzene rings is 1. The zero-order chi connectivity index (χ0) is 22.4. The minimum absolute atomic E-state index is 0.0862. The summed E-state index contributed by atoms with van der Waals surface area (Å²) >= 11 is 0. The summed E-state index contributed by atoms with van der Waals surface area (Å²) in [6, 6.07) is 6.25. The number of amides is 1. The van der Waals surface area contributed by atoms with Gasteiger partial charge in [-0.05, 0) is 50.5 Å². The Labute approximate surface area is 187 Å². The largest absolute Gasteiger partial charge is 0.493 e. The average Bonchev–Trinajstić information content (AvgIpc) is 3.43. The molecule has 3 atom stereocenters. The summed E-state index contributed by atoms with van der Waals surface area (Å²) in [6.07, 6.45) is 4.84. The van der Waals surface area contributed by atoms with E-state index in [9.17, 15) is 4.79 Å². The van der Waals surface area contributed by atoms with E-state index >= 15 is 0 Å². The van der Waals surface area contributed by atoms with Crippen LogP contribution in [0.2, 0.25) is 0 Å². The molecule has 1 aromatic carbocycles. The standard InChI is InChI=1S/C24H30N4O4/c1-13(16-10-22(29)25-12-16)32-24-23-19(26-14(2)28(23)17-6-7-17)11-18(27-24)15-5-8-20(30-3)21(9-15)31-4/h5,8-9,11,13,16-18,27H,6-7,10,12H2,1-4H3,(H,25,29)/t13-,16-,18?/m1/s1. The topological polar surface area (TPSA) is 86.6 Å². The van der Waals surface area contributed by atoms with Crippen molar-refractivity contribution in [3.05, 3.63) is 40.3 Å². The van der Waals surface area contributed by atoms with Gasteiger partial charge in [0.25, 0.3) is 0 Å². The quantitative estimate of drug-likeness (QED) is 0.677. The molecule has 8 heteroatoms. The first-order valence-corrected chi connectivity index (χ1v) is 11.2. The van der Waals surface area contributed by atoms with Gasteiger partial charge < -0.3 is 29.4 Å². The summed E-state index contributed by atoms with van der Waals surface area (Å²) in [5.74, 6) is 3.31. The number of ether oxygens (including phenoxy) is 3. The third-order valence-corrected chi connectivity index (χ3v) is 6.60. The van der Waals surface area contributed by atoms with Gasteiger partial charge in [0.2, 0.25) is 11.8 Å². The number of carbonyl (C=O) groups excluding carboxylic acids is 1. The van der Waals surface area contributed by atoms with Crippen molar-refractivity contribution in [3.63, 3.8) is 0 Å². The fraction of sp³-hybridized carbons (Fsp3) is 0.500. The van der Waals surface area contributed by atoms with Crippen LogP contribution in [0.25, 0.3) is 12.0 Å². The van der Waals surface area contributed by atoms with Gasteiger partial charge in [-0.3, -0.25) is 4.79 Å². The van der Waals surface area contributed by atoms with Crippen LogP contribution in [0.15, 0.2) is 18.2 Å². The number of nitrogens with one attached hydrogen (secondary N) is 2. The summed E-state index contributed by atoms with van der Waals surface area (Å²) in [7, 11) is 3.27. The number of aromatic nitrogens is 2. The molecule has 1 aliphatic carbocycles. The second-order valence-electron chi connectivity index (χ2n) is 8.82. The summed E-state index contributed by atoms with van der Waals surface area (Å²) < 4.78 is 19.7. The number of methoxy groups -OCH3 is 2. The number of rotatable bonds is 7. The molecule has 1 unspecified atom stereocenters. The van der Waals surface area contributed by atoms with Gasteiger partial charge in [0.1, 0.15) is 17.3 Å². The molecule has 2 aliphatic heterocycles. The number of hydrogen-bond donors (Lipinski definition) is 2. The normalized spacial score (nSPS) is 23.0. The minimum Gasteiger partial charge on any atom is -0.493 e. The van der Waals surface area contributed by atoms with E-state index in [2.05, 4.69) is 28.2 Å². The number of aryl methyl sites for hydroxylation is 1. The van der Waals surface area contributed by atoms with Crippen molar-refractivity contribution in [1.82, 2.24) is 20.2 Å². The summed E-state index contributed by atoms with van der Waals surface area (Å²) in [6.45, 7) is 4.73. The van der Waals surface area contributed by atoms with Gasteiger partial charge >= 0.3 is 0 Å². The van der Waals surface area contributed by atoms with Crippen LogP contribution in [0, 0.1) is 12.8 Å². The Kier molecular flexibility index (Phi) is 5.23. The van der Waals surface area contributed by atoms with Crippen molar-refractivity contribution in [2.24, 2.45) is 5.92 Å². The molecule has 3 heterocycles. The first-order chi connectivity index (χ1) is 15.5. The highest BCUT2D eigenvalue weighted by molar-refractivity contribution is 5.78. The molecular weight excluding hydrogens is 408 g/mol. The van der Waals surface area contributed by atoms with Gasteiger partial charge in [-0.25, -0.2) is 4.98 Å². The molecule has 5 rings (SSSR count). The van der Waals surface area contributed by atoms with Crippen molar-refractivity contribution >= 4 is 17.9 Å². The Morgan fingerprint density at radius 3 is 2.62 bits per heavy atom. The van der Waals surface area contributed by atoms with Crippen LogP contribution in [0.3, 0.4) is 0 Å². The molecule has 0 spiro atoms. The molecule has 0 bridgehead atoms. The molecule has 0 radical (unpaired) electrons. The Hall–Kier alpha value is -3.16. The highest BCUT2D eigenvalue weighted by atomic mass is 16.5. The van der Waals surface area contributed by atoms with Gasteiger partial charge in [0, 0.05) is 24.9 Å². The molecule has 3 aliphatic rings. The van der Waals surface area contributed by atoms with Crippen LogP contribution in [-0.2, 0) is 9.53 Å². The molecule has 8 nitrogen and oxygen atoms in total. The van der Waals surface area contributed by atoms with Crippen LogP contribution in [0.1, 0.15) is 49.7 Å². The third kappa shape index (κ3) is 3.67. The van der Waals surface area contributed by atoms with E-state index < -0.39 is 0 Å². The summed E-state index contributed by atoms with van der Waals surface area (Å²) in [5, 5.41) is 8.44. The molecule has 1 saturated carbocycles. The summed E-state index contributed by atoms with van der Waals surface area (Å²) in [5.41, 5.74) is 1.03. The minimum atomic E-state index is -0.130. The van der Waals surface area contributed by atoms with Gasteiger partial charge in [-0.2, -0.15) is 0 Å². The lowest BCUT2D eigenvalue weighted by Gasteiger charge is -2.27. The number of fused-ring (bicyclic) bond motifs is 1. The molecule has 2 N–H and O–H groups in total. The average molecular weight is 439 g/mol. The predicted octanol–water partition coefficient (Wildman–Crippen LogP) is 1.28. The molecule has 1 aromatic heterocycles. The van der Waals surface area contributed by atoms with Crippen LogP contribution < -0.4 is 30.8 Å². The fourth-order valence-electron chi connectivity index (χ4n) is 4.65. The number of imidazole rings is 1.